The topological polar surface area (TPSA) is 484 Å². The minimum Gasteiger partial charge on any atom is -0.508 e. The first-order valence-electron chi connectivity index (χ1n) is 43.1. The van der Waals surface area contributed by atoms with Gasteiger partial charge in [-0.2, -0.15) is 0 Å². The second-order valence-electron chi connectivity index (χ2n) is 33.3. The van der Waals surface area contributed by atoms with Gasteiger partial charge in [0.1, 0.15) is 78.0 Å². The van der Waals surface area contributed by atoms with E-state index in [2.05, 4.69) is 47.9 Å². The number of aliphatic carboxylic acids is 1. The van der Waals surface area contributed by atoms with Gasteiger partial charge in [-0.3, -0.25) is 76.7 Å². The molecule has 36 heteroatoms. The lowest BCUT2D eigenvalue weighted by atomic mass is 9.98. The maximum atomic E-state index is 15.6. The molecule has 0 aliphatic carbocycles. The Hall–Kier alpha value is -13.3. The molecule has 14 N–H and O–H groups in total. The van der Waals surface area contributed by atoms with Gasteiger partial charge in [0.2, 0.25) is 88.6 Å². The number of primary amides is 1. The van der Waals surface area contributed by atoms with E-state index < -0.39 is 199 Å². The van der Waals surface area contributed by atoms with Crippen LogP contribution in [0.15, 0.2) is 169 Å². The number of likely N-dealkylation sites (N-methyl/N-ethyl adjacent to an activating group) is 5. The number of carboxylic acids is 1. The van der Waals surface area contributed by atoms with Crippen molar-refractivity contribution in [1.29, 1.82) is 0 Å². The molecule has 0 saturated carbocycles. The molecule has 0 unspecified atom stereocenters. The van der Waals surface area contributed by atoms with Gasteiger partial charge in [-0.1, -0.05) is 187 Å². The van der Waals surface area contributed by atoms with Crippen LogP contribution in [-0.4, -0.2) is 267 Å². The van der Waals surface area contributed by atoms with Gasteiger partial charge in [-0.15, -0.1) is 23.1 Å². The van der Waals surface area contributed by atoms with E-state index in [1.807, 2.05) is 25.1 Å². The van der Waals surface area contributed by atoms with Gasteiger partial charge in [-0.05, 0) is 99.2 Å². The molecule has 11 atom stereocenters. The zero-order chi connectivity index (χ0) is 95.0. The lowest BCUT2D eigenvalue weighted by molar-refractivity contribution is -0.151. The van der Waals surface area contributed by atoms with Crippen LogP contribution in [0, 0.1) is 11.8 Å². The summed E-state index contributed by atoms with van der Waals surface area (Å²) in [5.74, 6) is -17.3. The van der Waals surface area contributed by atoms with Crippen molar-refractivity contribution in [2.75, 3.05) is 66.4 Å². The number of phenols is 2. The number of fused-ring (bicyclic) bond motifs is 1. The summed E-state index contributed by atoms with van der Waals surface area (Å²) >= 11 is 2.19. The lowest BCUT2D eigenvalue weighted by Crippen LogP contribution is -2.61. The Morgan fingerprint density at radius 3 is 1.44 bits per heavy atom. The van der Waals surface area contributed by atoms with Gasteiger partial charge in [0.25, 0.3) is 0 Å². The molecular formula is C94H119N15O19S2. The van der Waals surface area contributed by atoms with Crippen LogP contribution in [-0.2, 0) is 115 Å². The number of carbonyl (C=O) groups is 16. The van der Waals surface area contributed by atoms with E-state index in [1.165, 1.54) is 105 Å². The molecule has 696 valence electrons. The Balaban J connectivity index is 1.21. The van der Waals surface area contributed by atoms with Crippen LogP contribution in [0.2, 0.25) is 0 Å². The van der Waals surface area contributed by atoms with Crippen LogP contribution >= 0.6 is 23.1 Å². The first-order valence-corrected chi connectivity index (χ1v) is 45.1. The largest absolute Gasteiger partial charge is 0.508 e. The average Bonchev–Trinajstić information content (AvgIpc) is 1.78. The van der Waals surface area contributed by atoms with Crippen LogP contribution in [0.1, 0.15) is 107 Å². The summed E-state index contributed by atoms with van der Waals surface area (Å²) < 4.78 is 0.820. The number of unbranched alkanes of at least 4 members (excludes halogenated alkanes) is 2. The third-order valence-corrected chi connectivity index (χ3v) is 24.2. The summed E-state index contributed by atoms with van der Waals surface area (Å²) in [5, 5.41) is 57.6. The monoisotopic (exact) mass is 1830 g/mol. The molecule has 6 aromatic carbocycles. The summed E-state index contributed by atoms with van der Waals surface area (Å²) in [4.78, 5) is 241. The Morgan fingerprint density at radius 1 is 0.454 bits per heavy atom. The van der Waals surface area contributed by atoms with E-state index in [4.69, 9.17) is 5.73 Å². The minimum absolute atomic E-state index is 0.0421. The Labute approximate surface area is 764 Å². The van der Waals surface area contributed by atoms with Gasteiger partial charge in [0, 0.05) is 84.2 Å². The fourth-order valence-corrected chi connectivity index (χ4v) is 16.9. The number of hydrogen-bond donors (Lipinski definition) is 13. The maximum absolute atomic E-state index is 15.6. The van der Waals surface area contributed by atoms with Crippen LogP contribution in [0.25, 0.3) is 10.1 Å². The van der Waals surface area contributed by atoms with Crippen molar-refractivity contribution < 1.29 is 92.0 Å². The van der Waals surface area contributed by atoms with E-state index in [9.17, 15) is 53.7 Å². The second-order valence-corrected chi connectivity index (χ2v) is 35.3. The van der Waals surface area contributed by atoms with Crippen molar-refractivity contribution in [3.8, 4) is 11.5 Å². The van der Waals surface area contributed by atoms with Crippen molar-refractivity contribution >= 4 is 128 Å². The fraction of sp³-hybridized carbons (Fsp3) is 0.426. The molecule has 1 aliphatic heterocycles. The van der Waals surface area contributed by atoms with Crippen molar-refractivity contribution in [2.45, 2.75) is 178 Å². The van der Waals surface area contributed by atoms with Gasteiger partial charge in [-0.25, -0.2) is 0 Å². The zero-order valence-corrected chi connectivity index (χ0v) is 76.3. The summed E-state index contributed by atoms with van der Waals surface area (Å²) in [6, 6.07) is 27.6. The molecule has 15 amide bonds. The van der Waals surface area contributed by atoms with Crippen molar-refractivity contribution in [2.24, 2.45) is 17.6 Å². The molecule has 34 nitrogen and oxygen atoms in total. The first-order chi connectivity index (χ1) is 61.9. The van der Waals surface area contributed by atoms with E-state index in [0.29, 0.717) is 52.6 Å². The van der Waals surface area contributed by atoms with Gasteiger partial charge in [0.05, 0.1) is 31.8 Å². The standard InChI is InChI=1S/C94H119N15O19S2/c1-11-12-16-32-74-92(126)106(7)52-80(114)98-70(49-82(116)117)88(122)104-83(57(4)5)94(128)108(9)75(46-59-27-19-14-20-28-59)89(123)102-71(45-62-36-40-65(111)41-37-62)90(124)105(6)51-79(113)97-69(48-63-53-130-77-33-24-23-31-66(63)77)87(121)101-68(43-61-34-38-64(110)39-35-61)86(120)100-67(42-56(2)3)85(119)103-73(84(118)96-50-78(95)112)54-129-55-81(115)99-72(44-58-25-17-13-18-26-58)91(125)109(10)76(93(127)107(74)8)47-60-29-21-15-22-30-60/h13-15,17-31,33-41,53,56-57,67-76,83,110-111H,11-12,16,32,42-52,54-55H2,1-10H3,(H2,95,112)(H,96,118)(H,97,113)(H,98,114)(H,99,115)(H,100,120)(H,101,121)(H,102,123)(H,103,119)(H,104,122)(H,116,117)/t67-,68-,69-,70-,71-,72-,73-,74-,75-,76-,83-/m0/s1. The van der Waals surface area contributed by atoms with Crippen LogP contribution in [0.3, 0.4) is 0 Å². The summed E-state index contributed by atoms with van der Waals surface area (Å²) in [6.07, 6.45) is -0.677. The van der Waals surface area contributed by atoms with Crippen LogP contribution in [0.4, 0.5) is 0 Å². The number of phenolic OH excluding ortho intramolecular Hbond substituents is 2. The van der Waals surface area contributed by atoms with Gasteiger partial charge >= 0.3 is 5.97 Å². The number of hydrogen-bond acceptors (Lipinski definition) is 20. The third-order valence-electron chi connectivity index (χ3n) is 22.2. The number of carbonyl (C=O) groups excluding carboxylic acids is 15. The van der Waals surface area contributed by atoms with Crippen molar-refractivity contribution in [3.05, 3.63) is 203 Å². The number of aromatic hydroxyl groups is 2. The SMILES string of the molecule is CCCCC[C@H]1C(=O)N(C)CC(=O)N[C@@H](CC(=O)O)C(=O)N[C@@H](C(C)C)C(=O)N(C)[C@@H](Cc2ccccc2)C(=O)N[C@@H](Cc2ccc(O)cc2)C(=O)N(C)CC(=O)N[C@@H](Cc2csc3ccccc23)C(=O)N[C@@H](Cc2ccc(O)cc2)C(=O)N[C@@H](CC(C)C)C(=O)N[C@H](C(=O)NCC(N)=O)CSCC(=O)N[C@@H](Cc2ccccc2)C(=O)N(C)[C@@H](Cc2ccccc2)C(=O)N1C. The highest BCUT2D eigenvalue weighted by Gasteiger charge is 2.42. The minimum atomic E-state index is -1.91. The van der Waals surface area contributed by atoms with Gasteiger partial charge in [0.15, 0.2) is 0 Å². The number of amides is 15. The summed E-state index contributed by atoms with van der Waals surface area (Å²) in [5.41, 5.74) is 8.56. The Kier molecular flexibility index (Phi) is 39.2. The quantitative estimate of drug-likeness (QED) is 0.0385. The number of nitrogens with one attached hydrogen (secondary N) is 9. The average molecular weight is 1830 g/mol. The molecule has 8 rings (SSSR count). The second kappa shape index (κ2) is 49.9. The first kappa shape index (κ1) is 102. The number of carboxylic acid groups (broad SMARTS) is 1. The third kappa shape index (κ3) is 31.0. The van der Waals surface area contributed by atoms with E-state index in [0.717, 1.165) is 36.5 Å². The molecule has 0 bridgehead atoms. The smallest absolute Gasteiger partial charge is 0.305 e. The normalized spacial score (nSPS) is 21.8. The van der Waals surface area contributed by atoms with Gasteiger partial charge < -0.3 is 93.4 Å². The highest BCUT2D eigenvalue weighted by molar-refractivity contribution is 8.00. The molecule has 1 aliphatic rings. The molecule has 0 radical (unpaired) electrons. The lowest BCUT2D eigenvalue weighted by Gasteiger charge is -2.37. The fourth-order valence-electron chi connectivity index (χ4n) is 15.0. The Morgan fingerprint density at radius 2 is 0.900 bits per heavy atom. The van der Waals surface area contributed by atoms with E-state index in [-0.39, 0.29) is 74.5 Å². The molecule has 1 fully saturated rings. The van der Waals surface area contributed by atoms with E-state index >= 15 is 38.4 Å². The van der Waals surface area contributed by atoms with Crippen molar-refractivity contribution in [1.82, 2.24) is 72.4 Å². The number of benzene rings is 6. The van der Waals surface area contributed by atoms with Crippen molar-refractivity contribution in [3.63, 3.8) is 0 Å². The molecule has 1 aromatic heterocycles. The molecule has 0 spiro atoms. The van der Waals surface area contributed by atoms with E-state index in [1.54, 1.807) is 130 Å². The molecule has 1 saturated heterocycles. The predicted octanol–water partition coefficient (Wildman–Crippen LogP) is 3.45. The zero-order valence-electron chi connectivity index (χ0n) is 74.7. The number of nitrogens with two attached hydrogens (primary N) is 1. The number of rotatable bonds is 24. The Bertz CT molecular complexity index is 5090. The number of nitrogens with zero attached hydrogens (tertiary/aromatic N) is 5. The molecular weight excluding hydrogens is 1710 g/mol. The number of thioether (sulfide) groups is 1. The van der Waals surface area contributed by atoms with Crippen LogP contribution < -0.4 is 53.6 Å². The van der Waals surface area contributed by atoms with Crippen LogP contribution in [0.5, 0.6) is 11.5 Å². The predicted molar refractivity (Wildman–Crippen MR) is 490 cm³/mol. The summed E-state index contributed by atoms with van der Waals surface area (Å²) in [6.45, 7) is 6.28. The highest BCUT2D eigenvalue weighted by atomic mass is 32.2. The molecule has 130 heavy (non-hydrogen) atoms. The number of thiophene rings is 1. The molecule has 7 aromatic rings. The molecule has 2 heterocycles. The highest BCUT2D eigenvalue weighted by Crippen LogP contribution is 2.28. The summed E-state index contributed by atoms with van der Waals surface area (Å²) in [7, 11) is 6.57. The maximum Gasteiger partial charge on any atom is 0.305 e.